The molecule has 3 heterocycles. The lowest BCUT2D eigenvalue weighted by atomic mass is 10.2. The summed E-state index contributed by atoms with van der Waals surface area (Å²) in [6.45, 7) is 1.94. The number of aromatic nitrogens is 3. The maximum Gasteiger partial charge on any atom is 0.161 e. The number of aryl methyl sites for hydroxylation is 1. The van der Waals surface area contributed by atoms with Crippen LogP contribution in [0.4, 0.5) is 0 Å². The highest BCUT2D eigenvalue weighted by molar-refractivity contribution is 7.17. The standard InChI is InChI=1S/C13H10ClN3S/c1-8-4-10(6-14)17-13(16-8)9-5-12-11(15-7-9)2-3-18-12/h2-5,7H,6H2,1H3. The summed E-state index contributed by atoms with van der Waals surface area (Å²) >= 11 is 7.50. The average Bonchev–Trinajstić information content (AvgIpc) is 2.85. The zero-order valence-corrected chi connectivity index (χ0v) is 11.3. The number of alkyl halides is 1. The van der Waals surface area contributed by atoms with Gasteiger partial charge in [-0.25, -0.2) is 9.97 Å². The Labute approximate surface area is 114 Å². The highest BCUT2D eigenvalue weighted by Gasteiger charge is 2.07. The van der Waals surface area contributed by atoms with Crippen molar-refractivity contribution in [2.45, 2.75) is 12.8 Å². The summed E-state index contributed by atoms with van der Waals surface area (Å²) in [6, 6.07) is 5.97. The molecule has 0 bridgehead atoms. The van der Waals surface area contributed by atoms with E-state index in [9.17, 15) is 0 Å². The van der Waals surface area contributed by atoms with Crippen LogP contribution >= 0.6 is 22.9 Å². The Bertz CT molecular complexity index is 708. The minimum absolute atomic E-state index is 0.394. The third-order valence-electron chi connectivity index (χ3n) is 2.61. The van der Waals surface area contributed by atoms with Gasteiger partial charge in [0, 0.05) is 17.5 Å². The highest BCUT2D eigenvalue weighted by atomic mass is 35.5. The number of thiophene rings is 1. The van der Waals surface area contributed by atoms with E-state index in [-0.39, 0.29) is 0 Å². The number of hydrogen-bond acceptors (Lipinski definition) is 4. The number of pyridine rings is 1. The molecule has 0 unspecified atom stereocenters. The van der Waals surface area contributed by atoms with Crippen molar-refractivity contribution in [1.82, 2.24) is 15.0 Å². The summed E-state index contributed by atoms with van der Waals surface area (Å²) in [4.78, 5) is 13.3. The lowest BCUT2D eigenvalue weighted by Crippen LogP contribution is -1.96. The summed E-state index contributed by atoms with van der Waals surface area (Å²) in [5.41, 5.74) is 3.70. The van der Waals surface area contributed by atoms with E-state index in [1.54, 1.807) is 11.3 Å². The minimum Gasteiger partial charge on any atom is -0.255 e. The number of halogens is 1. The van der Waals surface area contributed by atoms with Gasteiger partial charge in [0.25, 0.3) is 0 Å². The van der Waals surface area contributed by atoms with Crippen LogP contribution in [0, 0.1) is 6.92 Å². The van der Waals surface area contributed by atoms with E-state index in [0.29, 0.717) is 11.7 Å². The Hall–Kier alpha value is -1.52. The minimum atomic E-state index is 0.394. The zero-order chi connectivity index (χ0) is 12.5. The third-order valence-corrected chi connectivity index (χ3v) is 3.73. The molecule has 18 heavy (non-hydrogen) atoms. The molecule has 3 rings (SSSR count). The molecule has 3 nitrogen and oxygen atoms in total. The second kappa shape index (κ2) is 4.63. The Balaban J connectivity index is 2.15. The molecule has 0 aliphatic heterocycles. The first-order chi connectivity index (χ1) is 8.76. The van der Waals surface area contributed by atoms with E-state index < -0.39 is 0 Å². The number of hydrogen-bond donors (Lipinski definition) is 0. The van der Waals surface area contributed by atoms with Gasteiger partial charge < -0.3 is 0 Å². The molecule has 0 saturated heterocycles. The molecule has 0 saturated carbocycles. The van der Waals surface area contributed by atoms with Crippen LogP contribution in [0.1, 0.15) is 11.4 Å². The summed E-state index contributed by atoms with van der Waals surface area (Å²) in [7, 11) is 0. The second-order valence-corrected chi connectivity index (χ2v) is 5.20. The van der Waals surface area contributed by atoms with Gasteiger partial charge in [0.05, 0.1) is 21.8 Å². The molecular weight excluding hydrogens is 266 g/mol. The number of rotatable bonds is 2. The molecule has 0 aliphatic rings. The quantitative estimate of drug-likeness (QED) is 0.668. The summed E-state index contributed by atoms with van der Waals surface area (Å²) in [5, 5.41) is 2.03. The van der Waals surface area contributed by atoms with Gasteiger partial charge in [-0.3, -0.25) is 4.98 Å². The lowest BCUT2D eigenvalue weighted by Gasteiger charge is -2.04. The first kappa shape index (κ1) is 11.6. The molecule has 0 atom stereocenters. The first-order valence-corrected chi connectivity index (χ1v) is 6.92. The van der Waals surface area contributed by atoms with Crippen LogP contribution in [0.5, 0.6) is 0 Å². The fourth-order valence-corrected chi connectivity index (χ4v) is 2.72. The lowest BCUT2D eigenvalue weighted by molar-refractivity contribution is 1.05. The van der Waals surface area contributed by atoms with Crippen LogP contribution in [-0.2, 0) is 5.88 Å². The Morgan fingerprint density at radius 2 is 2.17 bits per heavy atom. The molecule has 5 heteroatoms. The van der Waals surface area contributed by atoms with Crippen molar-refractivity contribution in [3.63, 3.8) is 0 Å². The Kier molecular flexibility index (Phi) is 2.97. The molecular formula is C13H10ClN3S. The van der Waals surface area contributed by atoms with E-state index in [1.165, 1.54) is 0 Å². The van der Waals surface area contributed by atoms with Gasteiger partial charge in [0.2, 0.25) is 0 Å². The van der Waals surface area contributed by atoms with Crippen molar-refractivity contribution in [2.24, 2.45) is 0 Å². The van der Waals surface area contributed by atoms with Crippen LogP contribution in [0.3, 0.4) is 0 Å². The largest absolute Gasteiger partial charge is 0.255 e. The highest BCUT2D eigenvalue weighted by Crippen LogP contribution is 2.24. The SMILES string of the molecule is Cc1cc(CCl)nc(-c2cnc3ccsc3c2)n1. The first-order valence-electron chi connectivity index (χ1n) is 5.50. The molecule has 0 radical (unpaired) electrons. The molecule has 0 fully saturated rings. The number of nitrogens with zero attached hydrogens (tertiary/aromatic N) is 3. The molecule has 0 aromatic carbocycles. The maximum absolute atomic E-state index is 5.83. The predicted molar refractivity (Wildman–Crippen MR) is 74.9 cm³/mol. The van der Waals surface area contributed by atoms with Gasteiger partial charge in [-0.15, -0.1) is 22.9 Å². The third kappa shape index (κ3) is 2.09. The van der Waals surface area contributed by atoms with Crippen molar-refractivity contribution in [3.05, 3.63) is 41.2 Å². The topological polar surface area (TPSA) is 38.7 Å². The molecule has 0 aliphatic carbocycles. The van der Waals surface area contributed by atoms with Crippen LogP contribution in [0.25, 0.3) is 21.6 Å². The van der Waals surface area contributed by atoms with Gasteiger partial charge >= 0.3 is 0 Å². The summed E-state index contributed by atoms with van der Waals surface area (Å²) in [6.07, 6.45) is 1.81. The van der Waals surface area contributed by atoms with Crippen molar-refractivity contribution >= 4 is 33.2 Å². The van der Waals surface area contributed by atoms with Crippen molar-refractivity contribution in [1.29, 1.82) is 0 Å². The van der Waals surface area contributed by atoms with Crippen molar-refractivity contribution < 1.29 is 0 Å². The molecule has 0 N–H and O–H groups in total. The molecule has 3 aromatic heterocycles. The van der Waals surface area contributed by atoms with E-state index in [4.69, 9.17) is 11.6 Å². The van der Waals surface area contributed by atoms with E-state index in [2.05, 4.69) is 21.0 Å². The molecule has 0 amide bonds. The van der Waals surface area contributed by atoms with Crippen LogP contribution in [-0.4, -0.2) is 15.0 Å². The summed E-state index contributed by atoms with van der Waals surface area (Å²) < 4.78 is 1.14. The van der Waals surface area contributed by atoms with Crippen LogP contribution in [0.15, 0.2) is 29.8 Å². The van der Waals surface area contributed by atoms with Gasteiger partial charge in [-0.2, -0.15) is 0 Å². The fraction of sp³-hybridized carbons (Fsp3) is 0.154. The Morgan fingerprint density at radius 3 is 3.00 bits per heavy atom. The molecule has 90 valence electrons. The van der Waals surface area contributed by atoms with Gasteiger partial charge in [0.15, 0.2) is 5.82 Å². The van der Waals surface area contributed by atoms with Crippen LogP contribution in [0.2, 0.25) is 0 Å². The van der Waals surface area contributed by atoms with Gasteiger partial charge in [-0.1, -0.05) is 0 Å². The van der Waals surface area contributed by atoms with Crippen molar-refractivity contribution in [3.8, 4) is 11.4 Å². The van der Waals surface area contributed by atoms with Crippen LogP contribution < -0.4 is 0 Å². The van der Waals surface area contributed by atoms with Gasteiger partial charge in [0.1, 0.15) is 0 Å². The second-order valence-electron chi connectivity index (χ2n) is 3.99. The van der Waals surface area contributed by atoms with E-state index in [0.717, 1.165) is 27.2 Å². The zero-order valence-electron chi connectivity index (χ0n) is 9.72. The Morgan fingerprint density at radius 1 is 1.28 bits per heavy atom. The summed E-state index contributed by atoms with van der Waals surface area (Å²) in [5.74, 6) is 1.08. The predicted octanol–water partition coefficient (Wildman–Crippen LogP) is 3.80. The normalized spacial score (nSPS) is 11.0. The molecule has 3 aromatic rings. The maximum atomic E-state index is 5.83. The molecule has 0 spiro atoms. The van der Waals surface area contributed by atoms with E-state index in [1.807, 2.05) is 30.6 Å². The van der Waals surface area contributed by atoms with Gasteiger partial charge in [-0.05, 0) is 30.5 Å². The van der Waals surface area contributed by atoms with E-state index >= 15 is 0 Å². The fourth-order valence-electron chi connectivity index (χ4n) is 1.80. The monoisotopic (exact) mass is 275 g/mol. The smallest absolute Gasteiger partial charge is 0.161 e. The average molecular weight is 276 g/mol. The number of fused-ring (bicyclic) bond motifs is 1. The van der Waals surface area contributed by atoms with Crippen molar-refractivity contribution in [2.75, 3.05) is 0 Å².